The van der Waals surface area contributed by atoms with E-state index in [1.54, 1.807) is 12.3 Å². The van der Waals surface area contributed by atoms with E-state index in [-0.39, 0.29) is 5.82 Å². The molecule has 0 fully saturated rings. The van der Waals surface area contributed by atoms with Crippen LogP contribution in [0.5, 0.6) is 0 Å². The lowest BCUT2D eigenvalue weighted by Gasteiger charge is -2.00. The van der Waals surface area contributed by atoms with Crippen molar-refractivity contribution >= 4 is 11.3 Å². The van der Waals surface area contributed by atoms with Crippen molar-refractivity contribution in [2.75, 3.05) is 0 Å². The Morgan fingerprint density at radius 3 is 2.92 bits per heavy atom. The van der Waals surface area contributed by atoms with Crippen LogP contribution < -0.4 is 0 Å². The summed E-state index contributed by atoms with van der Waals surface area (Å²) in [4.78, 5) is 4.14. The van der Waals surface area contributed by atoms with Gasteiger partial charge in [-0.1, -0.05) is 6.07 Å². The minimum absolute atomic E-state index is 0.212. The summed E-state index contributed by atoms with van der Waals surface area (Å²) in [6.45, 7) is 1.95. The second-order valence-electron chi connectivity index (χ2n) is 2.80. The largest absolute Gasteiger partial charge is 0.245 e. The molecule has 0 amide bonds. The summed E-state index contributed by atoms with van der Waals surface area (Å²) in [5, 5.41) is 2.76. The molecule has 1 nitrogen and oxygen atoms in total. The zero-order valence-corrected chi connectivity index (χ0v) is 7.94. The summed E-state index contributed by atoms with van der Waals surface area (Å²) in [5.74, 6) is -0.212. The highest BCUT2D eigenvalue weighted by atomic mass is 32.1. The zero-order valence-electron chi connectivity index (χ0n) is 7.12. The van der Waals surface area contributed by atoms with E-state index in [9.17, 15) is 4.39 Å². The summed E-state index contributed by atoms with van der Waals surface area (Å²) in [6, 6.07) is 4.76. The smallest absolute Gasteiger partial charge is 0.123 e. The highest BCUT2D eigenvalue weighted by molar-refractivity contribution is 7.13. The van der Waals surface area contributed by atoms with Crippen molar-refractivity contribution in [3.05, 3.63) is 41.2 Å². The molecule has 1 heterocycles. The molecule has 0 unspecified atom stereocenters. The highest BCUT2D eigenvalue weighted by Crippen LogP contribution is 2.25. The molecule has 66 valence electrons. The van der Waals surface area contributed by atoms with Crippen LogP contribution in [0.4, 0.5) is 4.39 Å². The minimum atomic E-state index is -0.212. The number of aryl methyl sites for hydroxylation is 1. The summed E-state index contributed by atoms with van der Waals surface area (Å²) in [6.07, 6.45) is 1.73. The first-order valence-electron chi connectivity index (χ1n) is 3.93. The number of hydrogen-bond donors (Lipinski definition) is 0. The molecular weight excluding hydrogens is 185 g/mol. The van der Waals surface area contributed by atoms with Gasteiger partial charge in [-0.15, -0.1) is 11.3 Å². The Morgan fingerprint density at radius 2 is 2.23 bits per heavy atom. The SMILES string of the molecule is Cc1ccc(F)cc1-c1nccs1. The standard InChI is InChI=1S/C10H8FNS/c1-7-2-3-8(11)6-9(7)10-12-4-5-13-10/h2-6H,1H3. The molecule has 0 aliphatic rings. The molecule has 13 heavy (non-hydrogen) atoms. The van der Waals surface area contributed by atoms with Crippen LogP contribution in [0.3, 0.4) is 0 Å². The van der Waals surface area contributed by atoms with Crippen LogP contribution in [-0.2, 0) is 0 Å². The topological polar surface area (TPSA) is 12.9 Å². The van der Waals surface area contributed by atoms with Crippen molar-refractivity contribution in [2.24, 2.45) is 0 Å². The van der Waals surface area contributed by atoms with E-state index in [2.05, 4.69) is 4.98 Å². The van der Waals surface area contributed by atoms with Crippen molar-refractivity contribution in [2.45, 2.75) is 6.92 Å². The average Bonchev–Trinajstić information content (AvgIpc) is 2.61. The molecule has 0 saturated heterocycles. The molecule has 0 N–H and O–H groups in total. The van der Waals surface area contributed by atoms with E-state index in [0.717, 1.165) is 16.1 Å². The average molecular weight is 193 g/mol. The van der Waals surface area contributed by atoms with E-state index >= 15 is 0 Å². The van der Waals surface area contributed by atoms with Crippen LogP contribution in [0.15, 0.2) is 29.8 Å². The minimum Gasteiger partial charge on any atom is -0.245 e. The zero-order chi connectivity index (χ0) is 9.26. The Labute approximate surface area is 79.9 Å². The number of hydrogen-bond acceptors (Lipinski definition) is 2. The van der Waals surface area contributed by atoms with Crippen LogP contribution in [0.25, 0.3) is 10.6 Å². The molecule has 0 saturated carbocycles. The number of halogens is 1. The molecule has 0 aliphatic carbocycles. The molecule has 0 bridgehead atoms. The lowest BCUT2D eigenvalue weighted by molar-refractivity contribution is 0.628. The van der Waals surface area contributed by atoms with E-state index in [0.29, 0.717) is 0 Å². The van der Waals surface area contributed by atoms with E-state index in [1.165, 1.54) is 23.5 Å². The molecule has 1 aromatic carbocycles. The fourth-order valence-corrected chi connectivity index (χ4v) is 1.90. The molecule has 0 spiro atoms. The molecule has 3 heteroatoms. The molecule has 2 rings (SSSR count). The third kappa shape index (κ3) is 1.60. The monoisotopic (exact) mass is 193 g/mol. The first-order chi connectivity index (χ1) is 6.27. The predicted octanol–water partition coefficient (Wildman–Crippen LogP) is 3.26. The fraction of sp³-hybridized carbons (Fsp3) is 0.100. The summed E-state index contributed by atoms with van der Waals surface area (Å²) >= 11 is 1.52. The van der Waals surface area contributed by atoms with E-state index in [4.69, 9.17) is 0 Å². The lowest BCUT2D eigenvalue weighted by atomic mass is 10.1. The van der Waals surface area contributed by atoms with Crippen molar-refractivity contribution < 1.29 is 4.39 Å². The quantitative estimate of drug-likeness (QED) is 0.677. The van der Waals surface area contributed by atoms with Gasteiger partial charge in [0.1, 0.15) is 10.8 Å². The van der Waals surface area contributed by atoms with Gasteiger partial charge in [0.15, 0.2) is 0 Å². The first-order valence-corrected chi connectivity index (χ1v) is 4.81. The van der Waals surface area contributed by atoms with E-state index in [1.807, 2.05) is 12.3 Å². The van der Waals surface area contributed by atoms with Gasteiger partial charge in [0.05, 0.1) is 0 Å². The maximum Gasteiger partial charge on any atom is 0.123 e. The Bertz CT molecular complexity index is 409. The third-order valence-electron chi connectivity index (χ3n) is 1.86. The van der Waals surface area contributed by atoms with Crippen molar-refractivity contribution in [3.8, 4) is 10.6 Å². The summed E-state index contributed by atoms with van der Waals surface area (Å²) in [5.41, 5.74) is 1.94. The van der Waals surface area contributed by atoms with Crippen LogP contribution in [0.2, 0.25) is 0 Å². The third-order valence-corrected chi connectivity index (χ3v) is 2.67. The fourth-order valence-electron chi connectivity index (χ4n) is 1.18. The molecule has 0 aliphatic heterocycles. The number of thiazole rings is 1. The molecular formula is C10H8FNS. The van der Waals surface area contributed by atoms with Gasteiger partial charge in [0.2, 0.25) is 0 Å². The number of nitrogens with zero attached hydrogens (tertiary/aromatic N) is 1. The molecule has 0 atom stereocenters. The van der Waals surface area contributed by atoms with Crippen LogP contribution >= 0.6 is 11.3 Å². The Hall–Kier alpha value is -1.22. The van der Waals surface area contributed by atoms with Crippen molar-refractivity contribution in [1.82, 2.24) is 4.98 Å². The predicted molar refractivity (Wildman–Crippen MR) is 52.2 cm³/mol. The van der Waals surface area contributed by atoms with Gasteiger partial charge in [-0.25, -0.2) is 9.37 Å². The second-order valence-corrected chi connectivity index (χ2v) is 3.69. The summed E-state index contributed by atoms with van der Waals surface area (Å²) in [7, 11) is 0. The second kappa shape index (κ2) is 3.26. The lowest BCUT2D eigenvalue weighted by Crippen LogP contribution is -1.83. The Kier molecular flexibility index (Phi) is 2.10. The van der Waals surface area contributed by atoms with Crippen LogP contribution in [0.1, 0.15) is 5.56 Å². The van der Waals surface area contributed by atoms with Gasteiger partial charge in [-0.3, -0.25) is 0 Å². The maximum absolute atomic E-state index is 12.9. The first kappa shape index (κ1) is 8.38. The maximum atomic E-state index is 12.9. The summed E-state index contributed by atoms with van der Waals surface area (Å²) < 4.78 is 12.9. The van der Waals surface area contributed by atoms with Gasteiger partial charge in [0, 0.05) is 17.1 Å². The van der Waals surface area contributed by atoms with Gasteiger partial charge >= 0.3 is 0 Å². The molecule has 2 aromatic rings. The van der Waals surface area contributed by atoms with Crippen LogP contribution in [0, 0.1) is 12.7 Å². The molecule has 1 aromatic heterocycles. The Balaban J connectivity index is 2.57. The van der Waals surface area contributed by atoms with Crippen molar-refractivity contribution in [1.29, 1.82) is 0 Å². The number of aromatic nitrogens is 1. The normalized spacial score (nSPS) is 10.3. The van der Waals surface area contributed by atoms with E-state index < -0.39 is 0 Å². The molecule has 0 radical (unpaired) electrons. The number of rotatable bonds is 1. The van der Waals surface area contributed by atoms with Gasteiger partial charge < -0.3 is 0 Å². The van der Waals surface area contributed by atoms with Gasteiger partial charge in [0.25, 0.3) is 0 Å². The van der Waals surface area contributed by atoms with Crippen molar-refractivity contribution in [3.63, 3.8) is 0 Å². The highest BCUT2D eigenvalue weighted by Gasteiger charge is 2.04. The van der Waals surface area contributed by atoms with Gasteiger partial charge in [-0.05, 0) is 24.6 Å². The number of benzene rings is 1. The van der Waals surface area contributed by atoms with Gasteiger partial charge in [-0.2, -0.15) is 0 Å². The Morgan fingerprint density at radius 1 is 1.38 bits per heavy atom. The van der Waals surface area contributed by atoms with Crippen LogP contribution in [-0.4, -0.2) is 4.98 Å².